The third-order valence-corrected chi connectivity index (χ3v) is 4.04. The third kappa shape index (κ3) is 3.61. The number of nitrogens with zero attached hydrogens (tertiary/aromatic N) is 1. The fraction of sp³-hybridized carbons (Fsp3) is 0.571. The number of nitro groups is 1. The van der Waals surface area contributed by atoms with Crippen LogP contribution in [0.2, 0.25) is 5.02 Å². The maximum Gasteiger partial charge on any atom is 0.312 e. The molecule has 1 aliphatic rings. The molecule has 0 atom stereocenters. The molecule has 0 heterocycles. The van der Waals surface area contributed by atoms with Crippen LogP contribution in [0.15, 0.2) is 18.2 Å². The maximum absolute atomic E-state index is 11.0. The summed E-state index contributed by atoms with van der Waals surface area (Å²) in [5.74, 6) is 0.119. The highest BCUT2D eigenvalue weighted by Gasteiger charge is 2.29. The molecule has 5 nitrogen and oxygen atoms in total. The van der Waals surface area contributed by atoms with Gasteiger partial charge < -0.3 is 10.5 Å². The third-order valence-electron chi connectivity index (χ3n) is 3.75. The molecule has 1 aromatic rings. The lowest BCUT2D eigenvalue weighted by molar-refractivity contribution is -0.385. The van der Waals surface area contributed by atoms with Crippen LogP contribution < -0.4 is 10.5 Å². The number of benzene rings is 1. The van der Waals surface area contributed by atoms with Gasteiger partial charge in [-0.3, -0.25) is 10.1 Å². The maximum atomic E-state index is 11.0. The highest BCUT2D eigenvalue weighted by molar-refractivity contribution is 6.32. The Hall–Kier alpha value is -1.33. The average Bonchev–Trinajstić information content (AvgIpc) is 2.62. The highest BCUT2D eigenvalue weighted by Crippen LogP contribution is 2.35. The lowest BCUT2D eigenvalue weighted by Crippen LogP contribution is -2.45. The topological polar surface area (TPSA) is 78.4 Å². The first-order valence-corrected chi connectivity index (χ1v) is 7.24. The second kappa shape index (κ2) is 6.41. The largest absolute Gasteiger partial charge is 0.484 e. The molecule has 1 fully saturated rings. The van der Waals surface area contributed by atoms with E-state index in [0.717, 1.165) is 25.7 Å². The summed E-state index contributed by atoms with van der Waals surface area (Å²) in [6, 6.07) is 4.51. The number of ether oxygens (including phenoxy) is 1. The van der Waals surface area contributed by atoms with E-state index < -0.39 is 10.5 Å². The first-order chi connectivity index (χ1) is 9.52. The first kappa shape index (κ1) is 15.1. The van der Waals surface area contributed by atoms with E-state index in [2.05, 4.69) is 0 Å². The van der Waals surface area contributed by atoms with Crippen molar-refractivity contribution in [3.8, 4) is 5.75 Å². The van der Waals surface area contributed by atoms with Crippen LogP contribution in [0.5, 0.6) is 5.75 Å². The average molecular weight is 299 g/mol. The van der Waals surface area contributed by atoms with E-state index in [1.807, 2.05) is 0 Å². The molecule has 2 N–H and O–H groups in total. The molecule has 0 unspecified atom stereocenters. The number of hydrogen-bond acceptors (Lipinski definition) is 4. The quantitative estimate of drug-likeness (QED) is 0.522. The zero-order valence-corrected chi connectivity index (χ0v) is 12.1. The number of nitro benzene ring substituents is 1. The minimum atomic E-state index is -0.489. The molecule has 0 saturated heterocycles. The fourth-order valence-corrected chi connectivity index (χ4v) is 2.80. The van der Waals surface area contributed by atoms with Gasteiger partial charge in [0.15, 0.2) is 0 Å². The molecule has 0 bridgehead atoms. The second-order valence-electron chi connectivity index (χ2n) is 5.41. The minimum absolute atomic E-state index is 0.116. The van der Waals surface area contributed by atoms with E-state index in [-0.39, 0.29) is 23.1 Å². The molecule has 1 saturated carbocycles. The van der Waals surface area contributed by atoms with Crippen LogP contribution in [0.4, 0.5) is 5.69 Å². The van der Waals surface area contributed by atoms with Gasteiger partial charge >= 0.3 is 5.69 Å². The monoisotopic (exact) mass is 298 g/mol. The molecule has 0 aromatic heterocycles. The molecular formula is C14H19ClN2O3. The summed E-state index contributed by atoms with van der Waals surface area (Å²) in [4.78, 5) is 10.5. The van der Waals surface area contributed by atoms with E-state index in [4.69, 9.17) is 22.1 Å². The summed E-state index contributed by atoms with van der Waals surface area (Å²) >= 11 is 6.00. The molecule has 0 spiro atoms. The van der Waals surface area contributed by atoms with Gasteiger partial charge in [0.2, 0.25) is 5.75 Å². The SMILES string of the molecule is NC1(COc2c(Cl)cccc2[N+](=O)[O-])CCCCCC1. The molecule has 6 heteroatoms. The van der Waals surface area contributed by atoms with Gasteiger partial charge in [0, 0.05) is 6.07 Å². The van der Waals surface area contributed by atoms with Crippen molar-refractivity contribution in [2.45, 2.75) is 44.1 Å². The number of para-hydroxylation sites is 1. The Morgan fingerprint density at radius 1 is 1.30 bits per heavy atom. The highest BCUT2D eigenvalue weighted by atomic mass is 35.5. The summed E-state index contributed by atoms with van der Waals surface area (Å²) in [5, 5.41) is 11.2. The smallest absolute Gasteiger partial charge is 0.312 e. The van der Waals surface area contributed by atoms with Gasteiger partial charge in [-0.1, -0.05) is 43.4 Å². The Morgan fingerprint density at radius 2 is 1.95 bits per heavy atom. The number of nitrogens with two attached hydrogens (primary N) is 1. The van der Waals surface area contributed by atoms with Crippen LogP contribution in [0.1, 0.15) is 38.5 Å². The van der Waals surface area contributed by atoms with Crippen molar-refractivity contribution in [3.63, 3.8) is 0 Å². The Kier molecular flexibility index (Phi) is 4.83. The van der Waals surface area contributed by atoms with E-state index >= 15 is 0 Å². The molecular weight excluding hydrogens is 280 g/mol. The van der Waals surface area contributed by atoms with Crippen LogP contribution in [-0.4, -0.2) is 17.1 Å². The zero-order valence-electron chi connectivity index (χ0n) is 11.3. The van der Waals surface area contributed by atoms with Crippen LogP contribution >= 0.6 is 11.6 Å². The second-order valence-corrected chi connectivity index (χ2v) is 5.82. The van der Waals surface area contributed by atoms with E-state index in [1.54, 1.807) is 6.07 Å². The zero-order chi connectivity index (χ0) is 14.6. The molecule has 0 radical (unpaired) electrons. The van der Waals surface area contributed by atoms with Gasteiger partial charge in [-0.25, -0.2) is 0 Å². The van der Waals surface area contributed by atoms with E-state index in [0.29, 0.717) is 0 Å². The summed E-state index contributed by atoms with van der Waals surface area (Å²) in [6.45, 7) is 0.261. The lowest BCUT2D eigenvalue weighted by Gasteiger charge is -2.27. The molecule has 1 aromatic carbocycles. The Morgan fingerprint density at radius 3 is 2.55 bits per heavy atom. The van der Waals surface area contributed by atoms with Crippen LogP contribution in [0.25, 0.3) is 0 Å². The van der Waals surface area contributed by atoms with Crippen molar-refractivity contribution in [2.75, 3.05) is 6.61 Å². The van der Waals surface area contributed by atoms with Crippen molar-refractivity contribution in [3.05, 3.63) is 33.3 Å². The molecule has 2 rings (SSSR count). The molecule has 0 amide bonds. The fourth-order valence-electron chi connectivity index (χ4n) is 2.58. The Balaban J connectivity index is 2.12. The van der Waals surface area contributed by atoms with E-state index in [9.17, 15) is 10.1 Å². The predicted molar refractivity (Wildman–Crippen MR) is 78.2 cm³/mol. The molecule has 20 heavy (non-hydrogen) atoms. The Bertz CT molecular complexity index is 485. The summed E-state index contributed by atoms with van der Waals surface area (Å²) in [5.41, 5.74) is 5.82. The van der Waals surface area contributed by atoms with Gasteiger partial charge in [-0.2, -0.15) is 0 Å². The van der Waals surface area contributed by atoms with Crippen molar-refractivity contribution in [2.24, 2.45) is 5.73 Å². The summed E-state index contributed by atoms with van der Waals surface area (Å²) in [6.07, 6.45) is 6.28. The number of hydrogen-bond donors (Lipinski definition) is 1. The van der Waals surface area contributed by atoms with Gasteiger partial charge in [-0.05, 0) is 18.9 Å². The minimum Gasteiger partial charge on any atom is -0.484 e. The van der Waals surface area contributed by atoms with Crippen LogP contribution in [0, 0.1) is 10.1 Å². The van der Waals surface area contributed by atoms with Gasteiger partial charge in [0.05, 0.1) is 15.5 Å². The van der Waals surface area contributed by atoms with Crippen molar-refractivity contribution >= 4 is 17.3 Å². The van der Waals surface area contributed by atoms with Crippen LogP contribution in [0.3, 0.4) is 0 Å². The van der Waals surface area contributed by atoms with Crippen molar-refractivity contribution in [1.82, 2.24) is 0 Å². The Labute approximate surface area is 123 Å². The number of rotatable bonds is 4. The summed E-state index contributed by atoms with van der Waals surface area (Å²) in [7, 11) is 0. The number of halogens is 1. The van der Waals surface area contributed by atoms with Crippen molar-refractivity contribution < 1.29 is 9.66 Å². The molecule has 1 aliphatic carbocycles. The summed E-state index contributed by atoms with van der Waals surface area (Å²) < 4.78 is 5.63. The van der Waals surface area contributed by atoms with E-state index in [1.165, 1.54) is 25.0 Å². The standard InChI is InChI=1S/C14H19ClN2O3/c15-11-6-5-7-12(17(18)19)13(11)20-10-14(16)8-3-1-2-4-9-14/h5-7H,1-4,8-10,16H2. The molecule has 0 aliphatic heterocycles. The first-order valence-electron chi connectivity index (χ1n) is 6.86. The van der Waals surface area contributed by atoms with Crippen LogP contribution in [-0.2, 0) is 0 Å². The lowest BCUT2D eigenvalue weighted by atomic mass is 9.92. The molecule has 110 valence electrons. The van der Waals surface area contributed by atoms with Crippen molar-refractivity contribution in [1.29, 1.82) is 0 Å². The van der Waals surface area contributed by atoms with Gasteiger partial charge in [-0.15, -0.1) is 0 Å². The van der Waals surface area contributed by atoms with Gasteiger partial charge in [0.1, 0.15) is 6.61 Å². The predicted octanol–water partition coefficient (Wildman–Crippen LogP) is 3.68. The van der Waals surface area contributed by atoms with Gasteiger partial charge in [0.25, 0.3) is 0 Å². The normalized spacial score (nSPS) is 18.3.